The molecular formula is C27H54B2Cl2O5. The Hall–Kier alpha value is 0.250. The molecule has 9 heteroatoms. The van der Waals surface area contributed by atoms with Crippen LogP contribution in [-0.2, 0) is 23.4 Å². The van der Waals surface area contributed by atoms with E-state index in [-0.39, 0.29) is 42.2 Å². The van der Waals surface area contributed by atoms with Crippen LogP contribution in [0.5, 0.6) is 0 Å². The van der Waals surface area contributed by atoms with E-state index in [1.54, 1.807) is 0 Å². The highest BCUT2D eigenvalue weighted by Gasteiger charge is 2.54. The molecule has 3 fully saturated rings. The van der Waals surface area contributed by atoms with Gasteiger partial charge in [0.05, 0.1) is 27.7 Å². The number of rotatable bonds is 5. The molecule has 0 N–H and O–H groups in total. The Morgan fingerprint density at radius 2 is 1.17 bits per heavy atom. The third kappa shape index (κ3) is 10.8. The summed E-state index contributed by atoms with van der Waals surface area (Å²) in [6.45, 7) is 26.7. The third-order valence-corrected chi connectivity index (χ3v) is 7.75. The van der Waals surface area contributed by atoms with Crippen LogP contribution in [-0.4, -0.2) is 55.1 Å². The molecule has 3 aliphatic rings. The van der Waals surface area contributed by atoms with Gasteiger partial charge in [-0.15, -0.1) is 11.6 Å². The number of allylic oxidation sites excluding steroid dienone is 1. The molecule has 0 radical (unpaired) electrons. The van der Waals surface area contributed by atoms with Gasteiger partial charge in [0.1, 0.15) is 0 Å². The van der Waals surface area contributed by atoms with Crippen LogP contribution in [0.3, 0.4) is 0 Å². The molecule has 3 heterocycles. The van der Waals surface area contributed by atoms with Crippen molar-refractivity contribution in [2.24, 2.45) is 11.8 Å². The molecular weight excluding hydrogens is 497 g/mol. The zero-order chi connectivity index (χ0) is 27.2. The standard InChI is InChI=1S/C11H22BClO2.C11H20BClO2.C4H8O.CH4/c2*1-8(2)7-9(13)12-14-10(3,4)11(5,6)15-12;1-2-4-5-3-1;/h8-9H,7H2,1-6H3;7-8H,1-6H3;1-4H2;1H4/b;9-7+;;. The van der Waals surface area contributed by atoms with Gasteiger partial charge in [0, 0.05) is 18.1 Å². The highest BCUT2D eigenvalue weighted by molar-refractivity contribution is 6.69. The van der Waals surface area contributed by atoms with Crippen molar-refractivity contribution in [1.29, 1.82) is 0 Å². The first kappa shape index (κ1) is 36.2. The lowest BCUT2D eigenvalue weighted by atomic mass is 9.80. The number of alkyl halides is 1. The van der Waals surface area contributed by atoms with Crippen molar-refractivity contribution in [2.45, 2.75) is 137 Å². The molecule has 5 nitrogen and oxygen atoms in total. The summed E-state index contributed by atoms with van der Waals surface area (Å²) in [5, 5.41) is -0.0638. The number of hydrogen-bond donors (Lipinski definition) is 0. The third-order valence-electron chi connectivity index (χ3n) is 7.06. The molecule has 0 aromatic carbocycles. The smallest absolute Gasteiger partial charge is 0.402 e. The van der Waals surface area contributed by atoms with Crippen molar-refractivity contribution in [2.75, 3.05) is 13.2 Å². The first-order valence-corrected chi connectivity index (χ1v) is 13.9. The summed E-state index contributed by atoms with van der Waals surface area (Å²) in [7, 11) is -0.696. The second kappa shape index (κ2) is 14.6. The highest BCUT2D eigenvalue weighted by atomic mass is 35.5. The zero-order valence-corrected chi connectivity index (χ0v) is 25.8. The lowest BCUT2D eigenvalue weighted by Gasteiger charge is -2.32. The first-order chi connectivity index (χ1) is 15.8. The van der Waals surface area contributed by atoms with Crippen molar-refractivity contribution in [3.05, 3.63) is 11.0 Å². The van der Waals surface area contributed by atoms with E-state index < -0.39 is 7.12 Å². The monoisotopic (exact) mass is 550 g/mol. The van der Waals surface area contributed by atoms with E-state index >= 15 is 0 Å². The lowest BCUT2D eigenvalue weighted by molar-refractivity contribution is 0.00578. The second-order valence-corrected chi connectivity index (χ2v) is 13.5. The Bertz CT molecular complexity index is 637. The van der Waals surface area contributed by atoms with Crippen LogP contribution in [0.25, 0.3) is 0 Å². The van der Waals surface area contributed by atoms with E-state index in [9.17, 15) is 0 Å². The SMILES string of the molecule is C.C1CCOC1.CC(C)/C=C(/Cl)B1OC(C)(C)C(C)(C)O1.CC(C)CC(Cl)B1OC(C)(C)C(C)(C)O1. The van der Waals surface area contributed by atoms with Crippen LogP contribution in [0.2, 0.25) is 0 Å². The fraction of sp³-hybridized carbons (Fsp3) is 0.926. The largest absolute Gasteiger partial charge is 0.506 e. The molecule has 0 aromatic heterocycles. The van der Waals surface area contributed by atoms with Crippen molar-refractivity contribution >= 4 is 37.4 Å². The normalized spacial score (nSPS) is 24.6. The Morgan fingerprint density at radius 3 is 1.47 bits per heavy atom. The van der Waals surface area contributed by atoms with Crippen molar-refractivity contribution in [3.8, 4) is 0 Å². The fourth-order valence-electron chi connectivity index (χ4n) is 3.46. The van der Waals surface area contributed by atoms with Crippen molar-refractivity contribution in [1.82, 2.24) is 0 Å². The van der Waals surface area contributed by atoms with E-state index in [2.05, 4.69) is 27.7 Å². The molecule has 3 rings (SSSR count). The maximum absolute atomic E-state index is 6.29. The number of hydrogen-bond acceptors (Lipinski definition) is 5. The second-order valence-electron chi connectivity index (χ2n) is 12.5. The van der Waals surface area contributed by atoms with Gasteiger partial charge in [0.25, 0.3) is 0 Å². The quantitative estimate of drug-likeness (QED) is 0.255. The minimum Gasteiger partial charge on any atom is -0.402 e. The van der Waals surface area contributed by atoms with Crippen molar-refractivity contribution in [3.63, 3.8) is 0 Å². The molecule has 1 atom stereocenters. The van der Waals surface area contributed by atoms with Gasteiger partial charge in [0.15, 0.2) is 0 Å². The van der Waals surface area contributed by atoms with E-state index in [4.69, 9.17) is 46.6 Å². The predicted octanol–water partition coefficient (Wildman–Crippen LogP) is 8.10. The molecule has 0 saturated carbocycles. The summed E-state index contributed by atoms with van der Waals surface area (Å²) >= 11 is 12.4. The van der Waals surface area contributed by atoms with Gasteiger partial charge in [0.2, 0.25) is 0 Å². The Balaban J connectivity index is 0.000000556. The van der Waals surface area contributed by atoms with Gasteiger partial charge in [-0.05, 0) is 86.5 Å². The molecule has 1 unspecified atom stereocenters. The Labute approximate surface area is 233 Å². The molecule has 3 saturated heterocycles. The average molecular weight is 551 g/mol. The summed E-state index contributed by atoms with van der Waals surface area (Å²) in [5.41, 5.74) is -1.19. The van der Waals surface area contributed by atoms with Gasteiger partial charge in [-0.1, -0.05) is 52.8 Å². The van der Waals surface area contributed by atoms with Crippen molar-refractivity contribution < 1.29 is 23.4 Å². The summed E-state index contributed by atoms with van der Waals surface area (Å²) in [6, 6.07) is 0. The number of ether oxygens (including phenoxy) is 1. The van der Waals surface area contributed by atoms with Gasteiger partial charge >= 0.3 is 14.2 Å². The molecule has 0 aromatic rings. The predicted molar refractivity (Wildman–Crippen MR) is 157 cm³/mol. The molecule has 0 spiro atoms. The molecule has 36 heavy (non-hydrogen) atoms. The van der Waals surface area contributed by atoms with Crippen LogP contribution in [0.15, 0.2) is 11.0 Å². The first-order valence-electron chi connectivity index (χ1n) is 13.1. The van der Waals surface area contributed by atoms with Gasteiger partial charge in [-0.2, -0.15) is 0 Å². The van der Waals surface area contributed by atoms with Gasteiger partial charge in [-0.25, -0.2) is 0 Å². The minimum atomic E-state index is -0.418. The Morgan fingerprint density at radius 1 is 0.778 bits per heavy atom. The van der Waals surface area contributed by atoms with Gasteiger partial charge in [-0.3, -0.25) is 0 Å². The van der Waals surface area contributed by atoms with E-state index in [1.165, 1.54) is 12.8 Å². The zero-order valence-electron chi connectivity index (χ0n) is 24.3. The van der Waals surface area contributed by atoms with E-state index in [0.717, 1.165) is 19.6 Å². The van der Waals surface area contributed by atoms with Crippen LogP contribution in [0, 0.1) is 11.8 Å². The molecule has 0 aliphatic carbocycles. The van der Waals surface area contributed by atoms with Crippen LogP contribution in [0.1, 0.15) is 110 Å². The number of halogens is 2. The summed E-state index contributed by atoms with van der Waals surface area (Å²) in [4.78, 5) is 0.642. The average Bonchev–Trinajstić information content (AvgIpc) is 3.35. The van der Waals surface area contributed by atoms with Crippen LogP contribution < -0.4 is 0 Å². The molecule has 3 aliphatic heterocycles. The van der Waals surface area contributed by atoms with Crippen LogP contribution >= 0.6 is 23.2 Å². The van der Waals surface area contributed by atoms with Gasteiger partial charge < -0.3 is 23.4 Å². The highest BCUT2D eigenvalue weighted by Crippen LogP contribution is 2.40. The summed E-state index contributed by atoms with van der Waals surface area (Å²) in [6.07, 6.45) is 5.43. The van der Waals surface area contributed by atoms with E-state index in [0.29, 0.717) is 16.8 Å². The maximum Gasteiger partial charge on any atom is 0.506 e. The minimum absolute atomic E-state index is 0. The van der Waals surface area contributed by atoms with Crippen LogP contribution in [0.4, 0.5) is 0 Å². The topological polar surface area (TPSA) is 46.2 Å². The summed E-state index contributed by atoms with van der Waals surface area (Å²) < 4.78 is 28.3. The molecule has 0 amide bonds. The Kier molecular flexibility index (Phi) is 14.7. The molecule has 212 valence electrons. The molecule has 0 bridgehead atoms. The van der Waals surface area contributed by atoms with E-state index in [1.807, 2.05) is 61.5 Å². The maximum atomic E-state index is 6.29. The fourth-order valence-corrected chi connectivity index (χ4v) is 4.26. The summed E-state index contributed by atoms with van der Waals surface area (Å²) in [5.74, 6) is 0.961. The lowest BCUT2D eigenvalue weighted by Crippen LogP contribution is -2.41.